The van der Waals surface area contributed by atoms with E-state index in [0.717, 1.165) is 5.92 Å². The molecule has 0 amide bonds. The van der Waals surface area contributed by atoms with E-state index in [9.17, 15) is 0 Å². The van der Waals surface area contributed by atoms with E-state index in [0.29, 0.717) is 0 Å². The lowest BCUT2D eigenvalue weighted by molar-refractivity contribution is 0.626. The minimum absolute atomic E-state index is 0. The van der Waals surface area contributed by atoms with Gasteiger partial charge >= 0.3 is 0 Å². The van der Waals surface area contributed by atoms with E-state index in [4.69, 9.17) is 0 Å². The van der Waals surface area contributed by atoms with Crippen molar-refractivity contribution in [3.8, 4) is 0 Å². The first-order chi connectivity index (χ1) is 2.27. The van der Waals surface area contributed by atoms with Crippen LogP contribution in [0.1, 0.15) is 27.2 Å². The van der Waals surface area contributed by atoms with Crippen LogP contribution in [0.2, 0.25) is 0 Å². The Morgan fingerprint density at radius 2 is 1.50 bits per heavy atom. The number of hydrogen-bond donors (Lipinski definition) is 0. The molecule has 0 aliphatic heterocycles. The van der Waals surface area contributed by atoms with Crippen molar-refractivity contribution in [3.63, 3.8) is 0 Å². The molecule has 0 heterocycles. The van der Waals surface area contributed by atoms with E-state index < -0.39 is 0 Å². The predicted molar refractivity (Wildman–Crippen MR) is 28.7 cm³/mol. The third-order valence-electron chi connectivity index (χ3n) is 0.816. The monoisotopic (exact) mass is 90.1 g/mol. The Balaban J connectivity index is 0. The first-order valence-electron chi connectivity index (χ1n) is 2.27. The maximum absolute atomic E-state index is 2.22. The Bertz CT molecular complexity index is 17.9. The summed E-state index contributed by atoms with van der Waals surface area (Å²) in [5, 5.41) is 0. The van der Waals surface area contributed by atoms with Gasteiger partial charge in [-0.15, -0.1) is 0 Å². The maximum Gasteiger partial charge on any atom is -0.0474 e. The van der Waals surface area contributed by atoms with Gasteiger partial charge in [-0.1, -0.05) is 27.2 Å². The summed E-state index contributed by atoms with van der Waals surface area (Å²) in [7, 11) is 0. The van der Waals surface area contributed by atoms with Crippen LogP contribution in [0.15, 0.2) is 0 Å². The third-order valence-corrected chi connectivity index (χ3v) is 0.816. The molecule has 40 valence electrons. The Kier molecular flexibility index (Phi) is 7.73. The largest absolute Gasteiger partial charge is 0.412 e. The minimum atomic E-state index is 0. The lowest BCUT2D eigenvalue weighted by Gasteiger charge is -1.90. The van der Waals surface area contributed by atoms with Crippen molar-refractivity contribution in [1.29, 1.82) is 0 Å². The molecule has 0 aliphatic carbocycles. The lowest BCUT2D eigenvalue weighted by Crippen LogP contribution is -1.77. The highest BCUT2D eigenvalue weighted by molar-refractivity contribution is 4.32. The first kappa shape index (κ1) is 9.35. The molecule has 0 radical (unpaired) electrons. The van der Waals surface area contributed by atoms with Crippen molar-refractivity contribution < 1.29 is 5.48 Å². The quantitative estimate of drug-likeness (QED) is 0.464. The van der Waals surface area contributed by atoms with Crippen LogP contribution in [-0.4, -0.2) is 5.48 Å². The van der Waals surface area contributed by atoms with Crippen LogP contribution in [0.4, 0.5) is 0 Å². The molecule has 0 saturated carbocycles. The van der Waals surface area contributed by atoms with Crippen LogP contribution in [0, 0.1) is 5.92 Å². The molecule has 1 heteroatoms. The number of rotatable bonds is 1. The summed E-state index contributed by atoms with van der Waals surface area (Å²) in [4.78, 5) is 0. The molecule has 0 unspecified atom stereocenters. The van der Waals surface area contributed by atoms with Crippen LogP contribution < -0.4 is 0 Å². The molecular formula is C5H14O. The van der Waals surface area contributed by atoms with Gasteiger partial charge in [-0.3, -0.25) is 0 Å². The lowest BCUT2D eigenvalue weighted by atomic mass is 10.2. The zero-order valence-corrected chi connectivity index (χ0v) is 4.78. The van der Waals surface area contributed by atoms with E-state index in [1.165, 1.54) is 6.42 Å². The molecule has 0 fully saturated rings. The SMILES string of the molecule is CCC(C)C.O. The Labute approximate surface area is 39.7 Å². The van der Waals surface area contributed by atoms with Gasteiger partial charge in [-0.05, 0) is 5.92 Å². The fraction of sp³-hybridized carbons (Fsp3) is 1.00. The molecular weight excluding hydrogens is 76.1 g/mol. The summed E-state index contributed by atoms with van der Waals surface area (Å²) in [5.74, 6) is 0.884. The molecule has 1 nitrogen and oxygen atoms in total. The summed E-state index contributed by atoms with van der Waals surface area (Å²) < 4.78 is 0. The van der Waals surface area contributed by atoms with Crippen LogP contribution in [-0.2, 0) is 0 Å². The van der Waals surface area contributed by atoms with Crippen molar-refractivity contribution in [3.05, 3.63) is 0 Å². The molecule has 0 spiro atoms. The molecule has 0 atom stereocenters. The van der Waals surface area contributed by atoms with Gasteiger partial charge in [0.15, 0.2) is 0 Å². The molecule has 0 saturated heterocycles. The Morgan fingerprint density at radius 1 is 1.33 bits per heavy atom. The Hall–Kier alpha value is -0.0400. The average Bonchev–Trinajstić information content (AvgIpc) is 1.38. The van der Waals surface area contributed by atoms with Gasteiger partial charge in [0.1, 0.15) is 0 Å². The van der Waals surface area contributed by atoms with Gasteiger partial charge in [0, 0.05) is 0 Å². The van der Waals surface area contributed by atoms with Crippen LogP contribution in [0.25, 0.3) is 0 Å². The zero-order valence-electron chi connectivity index (χ0n) is 4.78. The van der Waals surface area contributed by atoms with Crippen molar-refractivity contribution in [1.82, 2.24) is 0 Å². The maximum atomic E-state index is 2.22. The van der Waals surface area contributed by atoms with Gasteiger partial charge in [-0.25, -0.2) is 0 Å². The summed E-state index contributed by atoms with van der Waals surface area (Å²) in [6.45, 7) is 6.64. The van der Waals surface area contributed by atoms with Crippen LogP contribution in [0.3, 0.4) is 0 Å². The fourth-order valence-corrected chi connectivity index (χ4v) is 0. The summed E-state index contributed by atoms with van der Waals surface area (Å²) in [5.41, 5.74) is 0. The van der Waals surface area contributed by atoms with E-state index >= 15 is 0 Å². The van der Waals surface area contributed by atoms with E-state index in [1.807, 2.05) is 0 Å². The van der Waals surface area contributed by atoms with Crippen molar-refractivity contribution in [2.45, 2.75) is 27.2 Å². The molecule has 0 bridgehead atoms. The summed E-state index contributed by atoms with van der Waals surface area (Å²) >= 11 is 0. The smallest absolute Gasteiger partial charge is 0.0474 e. The third kappa shape index (κ3) is 9.03. The van der Waals surface area contributed by atoms with Gasteiger partial charge in [0.25, 0.3) is 0 Å². The molecule has 0 aromatic heterocycles. The summed E-state index contributed by atoms with van der Waals surface area (Å²) in [6.07, 6.45) is 1.31. The van der Waals surface area contributed by atoms with Gasteiger partial charge in [0.2, 0.25) is 0 Å². The topological polar surface area (TPSA) is 31.5 Å². The highest BCUT2D eigenvalue weighted by Gasteiger charge is 1.80. The Morgan fingerprint density at radius 3 is 1.50 bits per heavy atom. The van der Waals surface area contributed by atoms with Crippen LogP contribution in [0.5, 0.6) is 0 Å². The van der Waals surface area contributed by atoms with Gasteiger partial charge < -0.3 is 5.48 Å². The van der Waals surface area contributed by atoms with Crippen molar-refractivity contribution >= 4 is 0 Å². The summed E-state index contributed by atoms with van der Waals surface area (Å²) in [6, 6.07) is 0. The molecule has 2 N–H and O–H groups in total. The highest BCUT2D eigenvalue weighted by atomic mass is 16.0. The van der Waals surface area contributed by atoms with Gasteiger partial charge in [0.05, 0.1) is 0 Å². The second kappa shape index (κ2) is 4.96. The van der Waals surface area contributed by atoms with Crippen molar-refractivity contribution in [2.75, 3.05) is 0 Å². The minimum Gasteiger partial charge on any atom is -0.412 e. The second-order valence-corrected chi connectivity index (χ2v) is 1.80. The van der Waals surface area contributed by atoms with Crippen LogP contribution >= 0.6 is 0 Å². The average molecular weight is 90.2 g/mol. The first-order valence-corrected chi connectivity index (χ1v) is 2.27. The normalized spacial score (nSPS) is 8.00. The van der Waals surface area contributed by atoms with E-state index in [-0.39, 0.29) is 5.48 Å². The standard InChI is InChI=1S/C5H12.H2O/c1-4-5(2)3;/h5H,4H2,1-3H3;1H2. The van der Waals surface area contributed by atoms with Gasteiger partial charge in [-0.2, -0.15) is 0 Å². The predicted octanol–water partition coefficient (Wildman–Crippen LogP) is 1.23. The van der Waals surface area contributed by atoms with E-state index in [2.05, 4.69) is 20.8 Å². The second-order valence-electron chi connectivity index (χ2n) is 1.80. The zero-order chi connectivity index (χ0) is 4.28. The molecule has 0 rings (SSSR count). The number of hydrogen-bond acceptors (Lipinski definition) is 0. The fourth-order valence-electron chi connectivity index (χ4n) is 0. The molecule has 0 aromatic rings. The highest BCUT2D eigenvalue weighted by Crippen LogP contribution is 1.93. The molecule has 6 heavy (non-hydrogen) atoms. The van der Waals surface area contributed by atoms with Crippen molar-refractivity contribution in [2.24, 2.45) is 5.92 Å². The molecule has 0 aliphatic rings. The molecule has 0 aromatic carbocycles. The van der Waals surface area contributed by atoms with E-state index in [1.54, 1.807) is 0 Å².